The second-order valence-electron chi connectivity index (χ2n) is 7.12. The van der Waals surface area contributed by atoms with Crippen LogP contribution in [0.3, 0.4) is 0 Å². The van der Waals surface area contributed by atoms with Gasteiger partial charge in [-0.1, -0.05) is 19.4 Å². The van der Waals surface area contributed by atoms with Gasteiger partial charge in [0.1, 0.15) is 12.4 Å². The van der Waals surface area contributed by atoms with Crippen LogP contribution in [-0.2, 0) is 15.6 Å². The third-order valence-corrected chi connectivity index (χ3v) is 6.49. The number of amides is 1. The first-order valence-corrected chi connectivity index (χ1v) is 11.8. The Kier molecular flexibility index (Phi) is 13.0. The van der Waals surface area contributed by atoms with E-state index in [1.54, 1.807) is 6.07 Å². The van der Waals surface area contributed by atoms with Gasteiger partial charge in [-0.05, 0) is 38.3 Å². The third-order valence-electron chi connectivity index (χ3n) is 4.75. The van der Waals surface area contributed by atoms with E-state index in [0.717, 1.165) is 43.9 Å². The molecule has 0 aliphatic heterocycles. The highest BCUT2D eigenvalue weighted by Crippen LogP contribution is 2.23. The number of benzene rings is 1. The lowest BCUT2D eigenvalue weighted by Gasteiger charge is -2.30. The van der Waals surface area contributed by atoms with Gasteiger partial charge in [-0.25, -0.2) is 4.99 Å². The molecule has 1 aliphatic carbocycles. The van der Waals surface area contributed by atoms with Crippen LogP contribution in [0.4, 0.5) is 5.69 Å². The van der Waals surface area contributed by atoms with E-state index >= 15 is 0 Å². The lowest BCUT2D eigenvalue weighted by Crippen LogP contribution is -2.46. The zero-order valence-electron chi connectivity index (χ0n) is 18.1. The molecule has 3 atom stereocenters. The van der Waals surface area contributed by atoms with Crippen molar-refractivity contribution in [1.29, 1.82) is 0 Å². The minimum Gasteiger partial charge on any atom is -0.492 e. The number of hydrogen-bond donors (Lipinski definition) is 3. The quantitative estimate of drug-likeness (QED) is 0.190. The first-order valence-electron chi connectivity index (χ1n) is 10.4. The molecular formula is C21H35IN4O3S. The predicted molar refractivity (Wildman–Crippen MR) is 135 cm³/mol. The van der Waals surface area contributed by atoms with Crippen LogP contribution in [0.2, 0.25) is 0 Å². The van der Waals surface area contributed by atoms with Crippen molar-refractivity contribution >= 4 is 52.3 Å². The van der Waals surface area contributed by atoms with Crippen molar-refractivity contribution in [2.45, 2.75) is 57.7 Å². The third kappa shape index (κ3) is 9.63. The van der Waals surface area contributed by atoms with Gasteiger partial charge in [-0.2, -0.15) is 0 Å². The summed E-state index contributed by atoms with van der Waals surface area (Å²) < 4.78 is 17.9. The number of aliphatic imine (C=N–C) groups is 1. The Balaban J connectivity index is 0.00000450. The van der Waals surface area contributed by atoms with Crippen LogP contribution in [0.1, 0.15) is 46.5 Å². The molecule has 170 valence electrons. The molecule has 0 saturated heterocycles. The Morgan fingerprint density at radius 2 is 2.10 bits per heavy atom. The van der Waals surface area contributed by atoms with Crippen LogP contribution in [0, 0.1) is 0 Å². The Morgan fingerprint density at radius 3 is 2.80 bits per heavy atom. The maximum Gasteiger partial charge on any atom is 0.221 e. The highest BCUT2D eigenvalue weighted by atomic mass is 127. The lowest BCUT2D eigenvalue weighted by atomic mass is 9.95. The summed E-state index contributed by atoms with van der Waals surface area (Å²) >= 11 is 0. The monoisotopic (exact) mass is 550 g/mol. The molecule has 0 bridgehead atoms. The number of carbonyl (C=O) groups excluding carboxylic acids is 1. The van der Waals surface area contributed by atoms with Crippen LogP contribution < -0.4 is 20.7 Å². The second-order valence-corrected chi connectivity index (χ2v) is 9.12. The van der Waals surface area contributed by atoms with Crippen LogP contribution in [0.5, 0.6) is 5.75 Å². The highest BCUT2D eigenvalue weighted by molar-refractivity contribution is 14.0. The van der Waals surface area contributed by atoms with Gasteiger partial charge < -0.3 is 20.7 Å². The van der Waals surface area contributed by atoms with E-state index in [0.29, 0.717) is 30.6 Å². The van der Waals surface area contributed by atoms with Crippen LogP contribution >= 0.6 is 24.0 Å². The second kappa shape index (κ2) is 14.6. The average Bonchev–Trinajstić information content (AvgIpc) is 2.70. The predicted octanol–water partition coefficient (Wildman–Crippen LogP) is 3.28. The largest absolute Gasteiger partial charge is 0.492 e. The molecule has 0 radical (unpaired) electrons. The Hall–Kier alpha value is -1.36. The van der Waals surface area contributed by atoms with E-state index in [2.05, 4.69) is 20.9 Å². The van der Waals surface area contributed by atoms with Crippen LogP contribution in [0.25, 0.3) is 0 Å². The number of guanidine groups is 1. The number of nitrogens with zero attached hydrogens (tertiary/aromatic N) is 1. The van der Waals surface area contributed by atoms with E-state index in [-0.39, 0.29) is 35.1 Å². The SMILES string of the molecule is CCNC(=NCCOc1cccc(NC(C)=O)c1)NC1CCCC(S(=O)CC)C1.I. The Labute approximate surface area is 199 Å². The van der Waals surface area contributed by atoms with Crippen molar-refractivity contribution in [3.63, 3.8) is 0 Å². The number of carbonyl (C=O) groups is 1. The van der Waals surface area contributed by atoms with Gasteiger partial charge in [0.2, 0.25) is 5.91 Å². The summed E-state index contributed by atoms with van der Waals surface area (Å²) in [7, 11) is -0.733. The number of nitrogens with one attached hydrogen (secondary N) is 3. The van der Waals surface area contributed by atoms with Crippen molar-refractivity contribution in [3.05, 3.63) is 24.3 Å². The van der Waals surface area contributed by atoms with Crippen LogP contribution in [-0.4, -0.2) is 52.8 Å². The van der Waals surface area contributed by atoms with E-state index < -0.39 is 10.8 Å². The molecule has 2 rings (SSSR count). The fourth-order valence-corrected chi connectivity index (χ4v) is 4.80. The Morgan fingerprint density at radius 1 is 1.30 bits per heavy atom. The minimum absolute atomic E-state index is 0. The molecule has 3 N–H and O–H groups in total. The maximum absolute atomic E-state index is 12.2. The van der Waals surface area contributed by atoms with Crippen LogP contribution in [0.15, 0.2) is 29.3 Å². The fourth-order valence-electron chi connectivity index (χ4n) is 3.45. The first kappa shape index (κ1) is 26.7. The van der Waals surface area contributed by atoms with Gasteiger partial charge in [0.05, 0.1) is 6.54 Å². The van der Waals surface area contributed by atoms with Crippen molar-refractivity contribution in [3.8, 4) is 5.75 Å². The molecule has 1 aromatic carbocycles. The first-order chi connectivity index (χ1) is 14.0. The lowest BCUT2D eigenvalue weighted by molar-refractivity contribution is -0.114. The smallest absolute Gasteiger partial charge is 0.221 e. The molecule has 1 fully saturated rings. The number of rotatable bonds is 9. The average molecular weight is 551 g/mol. The van der Waals surface area contributed by atoms with E-state index in [9.17, 15) is 9.00 Å². The molecule has 30 heavy (non-hydrogen) atoms. The van der Waals surface area contributed by atoms with Crippen molar-refractivity contribution in [2.75, 3.05) is 30.8 Å². The summed E-state index contributed by atoms with van der Waals surface area (Å²) in [4.78, 5) is 15.8. The zero-order chi connectivity index (χ0) is 21.1. The normalized spacial score (nSPS) is 19.9. The van der Waals surface area contributed by atoms with Crippen molar-refractivity contribution in [2.24, 2.45) is 4.99 Å². The zero-order valence-corrected chi connectivity index (χ0v) is 21.3. The summed E-state index contributed by atoms with van der Waals surface area (Å²) in [6, 6.07) is 7.62. The van der Waals surface area contributed by atoms with E-state index in [1.807, 2.05) is 32.0 Å². The molecule has 9 heteroatoms. The molecule has 1 saturated carbocycles. The Bertz CT molecular complexity index is 717. The number of halogens is 1. The fraction of sp³-hybridized carbons (Fsp3) is 0.619. The maximum atomic E-state index is 12.2. The van der Waals surface area contributed by atoms with Gasteiger partial charge in [0, 0.05) is 53.1 Å². The molecule has 1 aromatic rings. The van der Waals surface area contributed by atoms with Gasteiger partial charge in [0.15, 0.2) is 5.96 Å². The van der Waals surface area contributed by atoms with Crippen molar-refractivity contribution < 1.29 is 13.7 Å². The van der Waals surface area contributed by atoms with Gasteiger partial charge >= 0.3 is 0 Å². The molecule has 0 heterocycles. The summed E-state index contributed by atoms with van der Waals surface area (Å²) in [5.41, 5.74) is 0.713. The molecule has 1 aliphatic rings. The summed E-state index contributed by atoms with van der Waals surface area (Å²) in [5, 5.41) is 9.80. The summed E-state index contributed by atoms with van der Waals surface area (Å²) in [6.45, 7) is 7.24. The van der Waals surface area contributed by atoms with Gasteiger partial charge in [-0.3, -0.25) is 9.00 Å². The van der Waals surface area contributed by atoms with Crippen molar-refractivity contribution in [1.82, 2.24) is 10.6 Å². The standard InChI is InChI=1S/C21H34N4O3S.HI/c1-4-22-21(25-18-9-7-11-20(15-18)29(27)5-2)23-12-13-28-19-10-6-8-17(14-19)24-16(3)26;/h6,8,10,14,18,20H,4-5,7,9,11-13,15H2,1-3H3,(H,24,26)(H2,22,23,25);1H. The molecule has 0 aromatic heterocycles. The van der Waals surface area contributed by atoms with Gasteiger partial charge in [-0.15, -0.1) is 24.0 Å². The molecule has 3 unspecified atom stereocenters. The minimum atomic E-state index is -0.733. The highest BCUT2D eigenvalue weighted by Gasteiger charge is 2.25. The number of ether oxygens (including phenoxy) is 1. The molecule has 7 nitrogen and oxygen atoms in total. The van der Waals surface area contributed by atoms with Gasteiger partial charge in [0.25, 0.3) is 0 Å². The molecular weight excluding hydrogens is 515 g/mol. The molecule has 0 spiro atoms. The topological polar surface area (TPSA) is 91.8 Å². The number of hydrogen-bond acceptors (Lipinski definition) is 4. The molecule has 1 amide bonds. The number of anilines is 1. The van der Waals surface area contributed by atoms with E-state index in [1.165, 1.54) is 6.92 Å². The summed E-state index contributed by atoms with van der Waals surface area (Å²) in [5.74, 6) is 2.09. The summed E-state index contributed by atoms with van der Waals surface area (Å²) in [6.07, 6.45) is 4.16. The van der Waals surface area contributed by atoms with E-state index in [4.69, 9.17) is 4.74 Å².